The van der Waals surface area contributed by atoms with E-state index in [1.165, 1.54) is 0 Å². The molecule has 2 N–H and O–H groups in total. The molecular weight excluding hydrogens is 497 g/mol. The quantitative estimate of drug-likeness (QED) is 0.334. The van der Waals surface area contributed by atoms with Crippen molar-refractivity contribution >= 4 is 46.2 Å². The largest absolute Gasteiger partial charge is 0.365 e. The Morgan fingerprint density at radius 1 is 1.06 bits per heavy atom. The predicted octanol–water partition coefficient (Wildman–Crippen LogP) is 5.79. The second kappa shape index (κ2) is 10.7. The third-order valence-corrected chi connectivity index (χ3v) is 6.87. The van der Waals surface area contributed by atoms with Gasteiger partial charge in [-0.3, -0.25) is 4.57 Å². The van der Waals surface area contributed by atoms with Gasteiger partial charge in [0, 0.05) is 41.9 Å². The van der Waals surface area contributed by atoms with Crippen molar-refractivity contribution in [3.8, 4) is 17.1 Å². The number of hydrogen-bond acceptors (Lipinski definition) is 5. The summed E-state index contributed by atoms with van der Waals surface area (Å²) in [6.45, 7) is 4.11. The standard InChI is InChI=1S/C26H27Cl2N7O/c1-2-13-29-26(36)34-14-11-18(12-15-34)32-23-22-25(31-16-30-23)35(19-9-7-17(27)8-10-19)24(33-22)20-5-3-4-6-21(20)28/h3-10,16,18H,2,11-15H2,1H3,(H,29,36)(H,30,31,32). The maximum Gasteiger partial charge on any atom is 0.317 e. The smallest absolute Gasteiger partial charge is 0.317 e. The highest BCUT2D eigenvalue weighted by Crippen LogP contribution is 2.34. The molecule has 1 saturated heterocycles. The van der Waals surface area contributed by atoms with E-state index >= 15 is 0 Å². The first-order valence-corrected chi connectivity index (χ1v) is 12.8. The minimum atomic E-state index is 0.00538. The number of imidazole rings is 1. The van der Waals surface area contributed by atoms with E-state index in [0.717, 1.165) is 30.5 Å². The SMILES string of the molecule is CCCNC(=O)N1CCC(Nc2ncnc3c2nc(-c2ccccc2Cl)n3-c2ccc(Cl)cc2)CC1. The van der Waals surface area contributed by atoms with Gasteiger partial charge in [-0.2, -0.15) is 0 Å². The van der Waals surface area contributed by atoms with Crippen LogP contribution < -0.4 is 10.6 Å². The predicted molar refractivity (Wildman–Crippen MR) is 144 cm³/mol. The molecule has 0 atom stereocenters. The summed E-state index contributed by atoms with van der Waals surface area (Å²) >= 11 is 12.7. The van der Waals surface area contributed by atoms with Crippen molar-refractivity contribution < 1.29 is 4.79 Å². The van der Waals surface area contributed by atoms with Crippen LogP contribution in [0.2, 0.25) is 10.0 Å². The van der Waals surface area contributed by atoms with Gasteiger partial charge >= 0.3 is 6.03 Å². The molecule has 0 bridgehead atoms. The van der Waals surface area contributed by atoms with Crippen molar-refractivity contribution in [3.05, 3.63) is 64.9 Å². The molecule has 186 valence electrons. The van der Waals surface area contributed by atoms with Gasteiger partial charge in [0.1, 0.15) is 12.2 Å². The maximum atomic E-state index is 12.3. The molecule has 1 aliphatic rings. The monoisotopic (exact) mass is 523 g/mol. The fourth-order valence-corrected chi connectivity index (χ4v) is 4.77. The van der Waals surface area contributed by atoms with E-state index in [1.807, 2.05) is 64.9 Å². The molecule has 5 rings (SSSR count). The fraction of sp³-hybridized carbons (Fsp3) is 0.308. The second-order valence-corrected chi connectivity index (χ2v) is 9.60. The van der Waals surface area contributed by atoms with Gasteiger partial charge in [-0.25, -0.2) is 19.7 Å². The van der Waals surface area contributed by atoms with E-state index in [1.54, 1.807) is 6.33 Å². The van der Waals surface area contributed by atoms with Crippen LogP contribution in [0.15, 0.2) is 54.9 Å². The van der Waals surface area contributed by atoms with Crippen molar-refractivity contribution in [2.75, 3.05) is 25.0 Å². The van der Waals surface area contributed by atoms with E-state index in [2.05, 4.69) is 20.6 Å². The molecule has 1 fully saturated rings. The Balaban J connectivity index is 1.48. The lowest BCUT2D eigenvalue weighted by Gasteiger charge is -2.32. The van der Waals surface area contributed by atoms with Crippen molar-refractivity contribution in [2.24, 2.45) is 0 Å². The summed E-state index contributed by atoms with van der Waals surface area (Å²) in [7, 11) is 0. The number of anilines is 1. The lowest BCUT2D eigenvalue weighted by atomic mass is 10.1. The Labute approximate surface area is 219 Å². The molecule has 0 aliphatic carbocycles. The van der Waals surface area contributed by atoms with Gasteiger partial charge < -0.3 is 15.5 Å². The molecule has 0 spiro atoms. The maximum absolute atomic E-state index is 12.3. The summed E-state index contributed by atoms with van der Waals surface area (Å²) in [4.78, 5) is 28.2. The van der Waals surface area contributed by atoms with Crippen LogP contribution in [0.1, 0.15) is 26.2 Å². The number of hydrogen-bond donors (Lipinski definition) is 2. The highest BCUT2D eigenvalue weighted by Gasteiger charge is 2.25. The summed E-state index contributed by atoms with van der Waals surface area (Å²) in [5, 5.41) is 7.75. The van der Waals surface area contributed by atoms with E-state index in [4.69, 9.17) is 28.2 Å². The van der Waals surface area contributed by atoms with E-state index < -0.39 is 0 Å². The Morgan fingerprint density at radius 3 is 2.53 bits per heavy atom. The molecule has 8 nitrogen and oxygen atoms in total. The number of halogens is 2. The summed E-state index contributed by atoms with van der Waals surface area (Å²) in [5.74, 6) is 1.33. The molecule has 4 aromatic rings. The molecule has 2 amide bonds. The molecular formula is C26H27Cl2N7O. The van der Waals surface area contributed by atoms with Crippen molar-refractivity contribution in [1.29, 1.82) is 0 Å². The van der Waals surface area contributed by atoms with Gasteiger partial charge in [-0.15, -0.1) is 0 Å². The first kappa shape index (κ1) is 24.3. The lowest BCUT2D eigenvalue weighted by molar-refractivity contribution is 0.183. The zero-order valence-electron chi connectivity index (χ0n) is 19.9. The average Bonchev–Trinajstić information content (AvgIpc) is 3.29. The van der Waals surface area contributed by atoms with Crippen LogP contribution in [0.25, 0.3) is 28.2 Å². The zero-order valence-corrected chi connectivity index (χ0v) is 21.4. The summed E-state index contributed by atoms with van der Waals surface area (Å²) in [5.41, 5.74) is 2.99. The molecule has 2 aromatic carbocycles. The van der Waals surface area contributed by atoms with Gasteiger partial charge in [0.25, 0.3) is 0 Å². The van der Waals surface area contributed by atoms with Gasteiger partial charge in [-0.05, 0) is 55.7 Å². The normalized spacial score (nSPS) is 14.2. The highest BCUT2D eigenvalue weighted by atomic mass is 35.5. The van der Waals surface area contributed by atoms with Gasteiger partial charge in [0.2, 0.25) is 0 Å². The number of benzene rings is 2. The first-order chi connectivity index (χ1) is 17.5. The second-order valence-electron chi connectivity index (χ2n) is 8.76. The number of fused-ring (bicyclic) bond motifs is 1. The minimum Gasteiger partial charge on any atom is -0.365 e. The Bertz CT molecular complexity index is 1360. The first-order valence-electron chi connectivity index (χ1n) is 12.1. The summed E-state index contributed by atoms with van der Waals surface area (Å²) in [6.07, 6.45) is 4.11. The van der Waals surface area contributed by atoms with Crippen LogP contribution >= 0.6 is 23.2 Å². The van der Waals surface area contributed by atoms with Crippen molar-refractivity contribution in [2.45, 2.75) is 32.2 Å². The highest BCUT2D eigenvalue weighted by molar-refractivity contribution is 6.33. The van der Waals surface area contributed by atoms with E-state index in [9.17, 15) is 4.79 Å². The number of nitrogens with one attached hydrogen (secondary N) is 2. The molecule has 10 heteroatoms. The zero-order chi connectivity index (χ0) is 25.1. The van der Waals surface area contributed by atoms with Crippen LogP contribution in [-0.2, 0) is 0 Å². The molecule has 0 unspecified atom stereocenters. The molecule has 1 aliphatic heterocycles. The molecule has 36 heavy (non-hydrogen) atoms. The van der Waals surface area contributed by atoms with Crippen LogP contribution in [0.3, 0.4) is 0 Å². The molecule has 0 radical (unpaired) electrons. The Morgan fingerprint density at radius 2 is 1.81 bits per heavy atom. The Hall–Kier alpha value is -3.36. The van der Waals surface area contributed by atoms with Crippen LogP contribution in [0, 0.1) is 0 Å². The number of likely N-dealkylation sites (tertiary alicyclic amines) is 1. The number of carbonyl (C=O) groups excluding carboxylic acids is 1. The van der Waals surface area contributed by atoms with Gasteiger partial charge in [0.05, 0.1) is 5.02 Å². The molecule has 2 aromatic heterocycles. The van der Waals surface area contributed by atoms with Crippen LogP contribution in [-0.4, -0.2) is 56.1 Å². The summed E-state index contributed by atoms with van der Waals surface area (Å²) in [6, 6.07) is 15.3. The van der Waals surface area contributed by atoms with Gasteiger partial charge in [-0.1, -0.05) is 42.3 Å². The number of nitrogens with zero attached hydrogens (tertiary/aromatic N) is 5. The number of rotatable bonds is 6. The number of piperidine rings is 1. The van der Waals surface area contributed by atoms with Crippen molar-refractivity contribution in [3.63, 3.8) is 0 Å². The number of carbonyl (C=O) groups is 1. The van der Waals surface area contributed by atoms with E-state index in [0.29, 0.717) is 52.5 Å². The number of urea groups is 1. The van der Waals surface area contributed by atoms with Crippen molar-refractivity contribution in [1.82, 2.24) is 29.7 Å². The third-order valence-electron chi connectivity index (χ3n) is 6.29. The molecule has 0 saturated carbocycles. The third kappa shape index (κ3) is 4.96. The van der Waals surface area contributed by atoms with E-state index in [-0.39, 0.29) is 12.1 Å². The molecule has 3 heterocycles. The minimum absolute atomic E-state index is 0.00538. The summed E-state index contributed by atoms with van der Waals surface area (Å²) < 4.78 is 1.97. The van der Waals surface area contributed by atoms with Crippen LogP contribution in [0.4, 0.5) is 10.6 Å². The lowest BCUT2D eigenvalue weighted by Crippen LogP contribution is -2.47. The fourth-order valence-electron chi connectivity index (χ4n) is 4.42. The number of amides is 2. The number of aromatic nitrogens is 4. The topological polar surface area (TPSA) is 88.0 Å². The van der Waals surface area contributed by atoms with Gasteiger partial charge in [0.15, 0.2) is 17.0 Å². The average molecular weight is 524 g/mol. The Kier molecular flexibility index (Phi) is 7.25. The van der Waals surface area contributed by atoms with Crippen LogP contribution in [0.5, 0.6) is 0 Å².